The number of nitrogens with two attached hydrogens (primary N) is 1. The molecule has 1 unspecified atom stereocenters. The molecule has 0 saturated carbocycles. The summed E-state index contributed by atoms with van der Waals surface area (Å²) in [6.07, 6.45) is 1.94. The standard InChI is InChI=1S/C15H24N2O/c1-5-6-11(2)14(18)17-13-9-7-12(8-10-13)15(3,4)16/h7-11H,5-6,16H2,1-4H3,(H,17,18). The Bertz CT molecular complexity index is 390. The van der Waals surface area contributed by atoms with E-state index in [0.717, 1.165) is 24.1 Å². The van der Waals surface area contributed by atoms with Crippen molar-refractivity contribution in [2.75, 3.05) is 5.32 Å². The SMILES string of the molecule is CCCC(C)C(=O)Nc1ccc(C(C)(C)N)cc1. The maximum atomic E-state index is 11.8. The quantitative estimate of drug-likeness (QED) is 0.840. The molecule has 0 radical (unpaired) electrons. The smallest absolute Gasteiger partial charge is 0.227 e. The van der Waals surface area contributed by atoms with E-state index in [2.05, 4.69) is 12.2 Å². The van der Waals surface area contributed by atoms with E-state index in [0.29, 0.717) is 0 Å². The van der Waals surface area contributed by atoms with Crippen molar-refractivity contribution in [3.05, 3.63) is 29.8 Å². The normalized spacial score (nSPS) is 13.2. The molecule has 1 aromatic carbocycles. The van der Waals surface area contributed by atoms with E-state index in [4.69, 9.17) is 5.73 Å². The minimum Gasteiger partial charge on any atom is -0.326 e. The summed E-state index contributed by atoms with van der Waals surface area (Å²) in [4.78, 5) is 11.8. The van der Waals surface area contributed by atoms with Crippen LogP contribution < -0.4 is 11.1 Å². The minimum atomic E-state index is -0.349. The third kappa shape index (κ3) is 4.15. The van der Waals surface area contributed by atoms with Crippen molar-refractivity contribution in [3.8, 4) is 0 Å². The van der Waals surface area contributed by atoms with Crippen LogP contribution in [0.25, 0.3) is 0 Å². The highest BCUT2D eigenvalue weighted by molar-refractivity contribution is 5.92. The molecule has 3 heteroatoms. The number of nitrogens with one attached hydrogen (secondary N) is 1. The summed E-state index contributed by atoms with van der Waals surface area (Å²) < 4.78 is 0. The molecule has 0 spiro atoms. The summed E-state index contributed by atoms with van der Waals surface area (Å²) >= 11 is 0. The summed E-state index contributed by atoms with van der Waals surface area (Å²) in [5.41, 5.74) is 7.55. The molecule has 0 fully saturated rings. The van der Waals surface area contributed by atoms with E-state index < -0.39 is 0 Å². The lowest BCUT2D eigenvalue weighted by Crippen LogP contribution is -2.28. The lowest BCUT2D eigenvalue weighted by atomic mass is 9.95. The monoisotopic (exact) mass is 248 g/mol. The maximum absolute atomic E-state index is 11.8. The van der Waals surface area contributed by atoms with E-state index in [9.17, 15) is 4.79 Å². The van der Waals surface area contributed by atoms with Gasteiger partial charge in [-0.2, -0.15) is 0 Å². The van der Waals surface area contributed by atoms with Crippen molar-refractivity contribution in [3.63, 3.8) is 0 Å². The van der Waals surface area contributed by atoms with Gasteiger partial charge in [-0.1, -0.05) is 32.4 Å². The van der Waals surface area contributed by atoms with Crippen LogP contribution in [-0.2, 0) is 10.3 Å². The number of hydrogen-bond donors (Lipinski definition) is 2. The van der Waals surface area contributed by atoms with Crippen LogP contribution in [0.3, 0.4) is 0 Å². The van der Waals surface area contributed by atoms with Gasteiger partial charge in [-0.3, -0.25) is 4.79 Å². The average molecular weight is 248 g/mol. The molecule has 3 nitrogen and oxygen atoms in total. The van der Waals surface area contributed by atoms with E-state index in [-0.39, 0.29) is 17.4 Å². The van der Waals surface area contributed by atoms with Crippen molar-refractivity contribution in [2.45, 2.75) is 46.1 Å². The van der Waals surface area contributed by atoms with Gasteiger partial charge in [-0.15, -0.1) is 0 Å². The molecule has 0 bridgehead atoms. The Hall–Kier alpha value is -1.35. The van der Waals surface area contributed by atoms with Gasteiger partial charge < -0.3 is 11.1 Å². The van der Waals surface area contributed by atoms with Crippen molar-refractivity contribution >= 4 is 11.6 Å². The highest BCUT2D eigenvalue weighted by Gasteiger charge is 2.15. The van der Waals surface area contributed by atoms with E-state index >= 15 is 0 Å². The van der Waals surface area contributed by atoms with Gasteiger partial charge in [0.2, 0.25) is 5.91 Å². The first kappa shape index (κ1) is 14.7. The molecule has 0 aliphatic rings. The number of amides is 1. The first-order chi connectivity index (χ1) is 8.34. The summed E-state index contributed by atoms with van der Waals surface area (Å²) in [5, 5.41) is 2.93. The molecule has 0 heterocycles. The second-order valence-corrected chi connectivity index (χ2v) is 5.48. The third-order valence-corrected chi connectivity index (χ3v) is 3.07. The third-order valence-electron chi connectivity index (χ3n) is 3.07. The Morgan fingerprint density at radius 2 is 1.89 bits per heavy atom. The van der Waals surface area contributed by atoms with E-state index in [1.165, 1.54) is 0 Å². The predicted molar refractivity (Wildman–Crippen MR) is 76.4 cm³/mol. The zero-order chi connectivity index (χ0) is 13.8. The largest absolute Gasteiger partial charge is 0.326 e. The fraction of sp³-hybridized carbons (Fsp3) is 0.533. The van der Waals surface area contributed by atoms with Gasteiger partial charge in [0.15, 0.2) is 0 Å². The maximum Gasteiger partial charge on any atom is 0.227 e. The van der Waals surface area contributed by atoms with Crippen molar-refractivity contribution < 1.29 is 4.79 Å². The Morgan fingerprint density at radius 1 is 1.33 bits per heavy atom. The first-order valence-electron chi connectivity index (χ1n) is 6.55. The van der Waals surface area contributed by atoms with Crippen molar-refractivity contribution in [1.82, 2.24) is 0 Å². The van der Waals surface area contributed by atoms with E-state index in [1.807, 2.05) is 45.0 Å². The fourth-order valence-corrected chi connectivity index (χ4v) is 1.81. The van der Waals surface area contributed by atoms with Gasteiger partial charge in [0.25, 0.3) is 0 Å². The second-order valence-electron chi connectivity index (χ2n) is 5.48. The molecule has 1 amide bonds. The number of anilines is 1. The van der Waals surface area contributed by atoms with Crippen LogP contribution in [0.4, 0.5) is 5.69 Å². The summed E-state index contributed by atoms with van der Waals surface area (Å²) in [5.74, 6) is 0.136. The fourth-order valence-electron chi connectivity index (χ4n) is 1.81. The van der Waals surface area contributed by atoms with Crippen LogP contribution in [0.2, 0.25) is 0 Å². The van der Waals surface area contributed by atoms with Crippen LogP contribution in [-0.4, -0.2) is 5.91 Å². The molecule has 0 aliphatic carbocycles. The van der Waals surface area contributed by atoms with Gasteiger partial charge in [-0.05, 0) is 38.0 Å². The molecule has 1 atom stereocenters. The van der Waals surface area contributed by atoms with Crippen LogP contribution in [0.1, 0.15) is 46.1 Å². The second kappa shape index (κ2) is 6.01. The Labute approximate surface area is 110 Å². The Kier molecular flexibility index (Phi) is 4.91. The number of rotatable bonds is 5. The molecule has 1 rings (SSSR count). The van der Waals surface area contributed by atoms with Crippen molar-refractivity contribution in [1.29, 1.82) is 0 Å². The van der Waals surface area contributed by atoms with Gasteiger partial charge >= 0.3 is 0 Å². The van der Waals surface area contributed by atoms with Gasteiger partial charge in [-0.25, -0.2) is 0 Å². The Balaban J connectivity index is 2.67. The molecule has 0 aromatic heterocycles. The topological polar surface area (TPSA) is 55.1 Å². The van der Waals surface area contributed by atoms with Gasteiger partial charge in [0.05, 0.1) is 0 Å². The zero-order valence-electron chi connectivity index (χ0n) is 11.8. The summed E-state index contributed by atoms with van der Waals surface area (Å²) in [6, 6.07) is 7.72. The average Bonchev–Trinajstić information content (AvgIpc) is 2.28. The molecule has 100 valence electrons. The lowest BCUT2D eigenvalue weighted by Gasteiger charge is -2.19. The van der Waals surface area contributed by atoms with Crippen LogP contribution in [0, 0.1) is 5.92 Å². The number of hydrogen-bond acceptors (Lipinski definition) is 2. The molecule has 3 N–H and O–H groups in total. The van der Waals surface area contributed by atoms with Crippen LogP contribution in [0.15, 0.2) is 24.3 Å². The van der Waals surface area contributed by atoms with Gasteiger partial charge in [0, 0.05) is 17.1 Å². The van der Waals surface area contributed by atoms with Crippen LogP contribution >= 0.6 is 0 Å². The van der Waals surface area contributed by atoms with Gasteiger partial charge in [0.1, 0.15) is 0 Å². The number of benzene rings is 1. The molecule has 0 aliphatic heterocycles. The minimum absolute atomic E-state index is 0.0561. The first-order valence-corrected chi connectivity index (χ1v) is 6.55. The highest BCUT2D eigenvalue weighted by Crippen LogP contribution is 2.19. The number of carbonyl (C=O) groups excluding carboxylic acids is 1. The highest BCUT2D eigenvalue weighted by atomic mass is 16.1. The lowest BCUT2D eigenvalue weighted by molar-refractivity contribution is -0.119. The Morgan fingerprint density at radius 3 is 2.33 bits per heavy atom. The predicted octanol–water partition coefficient (Wildman–Crippen LogP) is 3.26. The number of carbonyl (C=O) groups is 1. The summed E-state index contributed by atoms with van der Waals surface area (Å²) in [6.45, 7) is 7.96. The molecular weight excluding hydrogens is 224 g/mol. The molecule has 0 saturated heterocycles. The van der Waals surface area contributed by atoms with Crippen LogP contribution in [0.5, 0.6) is 0 Å². The summed E-state index contributed by atoms with van der Waals surface area (Å²) in [7, 11) is 0. The molecule has 18 heavy (non-hydrogen) atoms. The molecule has 1 aromatic rings. The zero-order valence-corrected chi connectivity index (χ0v) is 11.8. The molecular formula is C15H24N2O. The van der Waals surface area contributed by atoms with E-state index in [1.54, 1.807) is 0 Å². The van der Waals surface area contributed by atoms with Crippen molar-refractivity contribution in [2.24, 2.45) is 11.7 Å².